The third-order valence-electron chi connectivity index (χ3n) is 3.26. The van der Waals surface area contributed by atoms with Crippen molar-refractivity contribution >= 4 is 15.9 Å². The largest absolute Gasteiger partial charge is 0.379 e. The van der Waals surface area contributed by atoms with Crippen LogP contribution in [0.15, 0.2) is 24.3 Å². The zero-order valence-electron chi connectivity index (χ0n) is 11.7. The Balaban J connectivity index is 2.32. The molecule has 118 valence electrons. The molecule has 0 saturated carbocycles. The Kier molecular flexibility index (Phi) is 5.51. The molecule has 2 N–H and O–H groups in total. The van der Waals surface area contributed by atoms with Crippen LogP contribution < -0.4 is 10.0 Å². The summed E-state index contributed by atoms with van der Waals surface area (Å²) in [5.41, 5.74) is 5.52. The summed E-state index contributed by atoms with van der Waals surface area (Å²) >= 11 is 0. The average Bonchev–Trinajstić information content (AvgIpc) is 2.50. The molecule has 21 heavy (non-hydrogen) atoms. The summed E-state index contributed by atoms with van der Waals surface area (Å²) in [5.74, 6) is -0.564. The van der Waals surface area contributed by atoms with E-state index >= 15 is 0 Å². The van der Waals surface area contributed by atoms with Gasteiger partial charge < -0.3 is 10.5 Å². The maximum Gasteiger partial charge on any atom is 0.304 e. The molecule has 0 amide bonds. The van der Waals surface area contributed by atoms with Gasteiger partial charge in [0.25, 0.3) is 0 Å². The van der Waals surface area contributed by atoms with Crippen LogP contribution in [0.25, 0.3) is 0 Å². The van der Waals surface area contributed by atoms with Crippen LogP contribution in [0.2, 0.25) is 0 Å². The normalized spacial score (nSPS) is 16.9. The lowest BCUT2D eigenvalue weighted by atomic mass is 10.3. The number of hydrogen-bond donors (Lipinski definition) is 1. The zero-order chi connectivity index (χ0) is 15.3. The summed E-state index contributed by atoms with van der Waals surface area (Å²) in [6.07, 6.45) is 0.456. The van der Waals surface area contributed by atoms with Crippen LogP contribution in [0.5, 0.6) is 0 Å². The molecule has 0 aromatic heterocycles. The topological polar surface area (TPSA) is 75.9 Å². The number of halogens is 1. The molecule has 1 aromatic carbocycles. The van der Waals surface area contributed by atoms with Gasteiger partial charge in [-0.1, -0.05) is 12.1 Å². The van der Waals surface area contributed by atoms with Gasteiger partial charge in [0.2, 0.25) is 0 Å². The van der Waals surface area contributed by atoms with Crippen molar-refractivity contribution in [2.75, 3.05) is 43.7 Å². The highest BCUT2D eigenvalue weighted by Gasteiger charge is 2.32. The fraction of sp³-hybridized carbons (Fsp3) is 0.538. The van der Waals surface area contributed by atoms with Crippen LogP contribution in [0.4, 0.5) is 10.1 Å². The van der Waals surface area contributed by atoms with Gasteiger partial charge >= 0.3 is 10.2 Å². The molecule has 0 radical (unpaired) electrons. The maximum atomic E-state index is 14.0. The molecule has 1 aliphatic heterocycles. The Morgan fingerprint density at radius 2 is 1.95 bits per heavy atom. The molecule has 1 saturated heterocycles. The van der Waals surface area contributed by atoms with Gasteiger partial charge in [-0.2, -0.15) is 12.7 Å². The highest BCUT2D eigenvalue weighted by molar-refractivity contribution is 7.90. The molecular formula is C13H20FN3O3S. The van der Waals surface area contributed by atoms with Crippen molar-refractivity contribution in [3.05, 3.63) is 30.1 Å². The summed E-state index contributed by atoms with van der Waals surface area (Å²) in [6, 6.07) is 5.85. The van der Waals surface area contributed by atoms with Gasteiger partial charge in [-0.25, -0.2) is 4.39 Å². The number of morpholine rings is 1. The molecule has 1 aliphatic rings. The second-order valence-corrected chi connectivity index (χ2v) is 6.54. The first-order valence-corrected chi connectivity index (χ1v) is 8.27. The lowest BCUT2D eigenvalue weighted by Gasteiger charge is -2.33. The van der Waals surface area contributed by atoms with Crippen molar-refractivity contribution in [2.24, 2.45) is 5.73 Å². The fourth-order valence-electron chi connectivity index (χ4n) is 2.17. The molecule has 6 nitrogen and oxygen atoms in total. The van der Waals surface area contributed by atoms with Gasteiger partial charge in [-0.05, 0) is 25.1 Å². The smallest absolute Gasteiger partial charge is 0.304 e. The third kappa shape index (κ3) is 3.70. The highest BCUT2D eigenvalue weighted by atomic mass is 32.2. The molecule has 0 bridgehead atoms. The van der Waals surface area contributed by atoms with Gasteiger partial charge in [-0.15, -0.1) is 0 Å². The van der Waals surface area contributed by atoms with E-state index in [0.717, 1.165) is 4.31 Å². The van der Waals surface area contributed by atoms with Crippen molar-refractivity contribution in [3.63, 3.8) is 0 Å². The summed E-state index contributed by atoms with van der Waals surface area (Å²) in [5, 5.41) is 0. The molecule has 1 fully saturated rings. The summed E-state index contributed by atoms with van der Waals surface area (Å²) < 4.78 is 47.0. The van der Waals surface area contributed by atoms with E-state index in [1.54, 1.807) is 6.07 Å². The number of ether oxygens (including phenoxy) is 1. The average molecular weight is 317 g/mol. The predicted molar refractivity (Wildman–Crippen MR) is 78.7 cm³/mol. The molecule has 0 atom stereocenters. The van der Waals surface area contributed by atoms with E-state index in [-0.39, 0.29) is 25.3 Å². The summed E-state index contributed by atoms with van der Waals surface area (Å²) in [4.78, 5) is 0. The maximum absolute atomic E-state index is 14.0. The van der Waals surface area contributed by atoms with Crippen molar-refractivity contribution in [1.29, 1.82) is 0 Å². The first-order chi connectivity index (χ1) is 10.1. The van der Waals surface area contributed by atoms with Crippen LogP contribution in [0, 0.1) is 5.82 Å². The minimum atomic E-state index is -3.78. The third-order valence-corrected chi connectivity index (χ3v) is 5.22. The first kappa shape index (κ1) is 16.2. The minimum absolute atomic E-state index is 0.0532. The van der Waals surface area contributed by atoms with Crippen molar-refractivity contribution in [3.8, 4) is 0 Å². The quantitative estimate of drug-likeness (QED) is 0.832. The second-order valence-electron chi connectivity index (χ2n) is 4.68. The van der Waals surface area contributed by atoms with Crippen molar-refractivity contribution < 1.29 is 17.5 Å². The van der Waals surface area contributed by atoms with Gasteiger partial charge in [0.15, 0.2) is 0 Å². The van der Waals surface area contributed by atoms with E-state index in [9.17, 15) is 12.8 Å². The number of benzene rings is 1. The van der Waals surface area contributed by atoms with Gasteiger partial charge in [0, 0.05) is 19.6 Å². The van der Waals surface area contributed by atoms with Gasteiger partial charge in [0.05, 0.1) is 18.9 Å². The second kappa shape index (κ2) is 7.17. The van der Waals surface area contributed by atoms with Gasteiger partial charge in [0.1, 0.15) is 5.82 Å². The number of nitrogens with two attached hydrogens (primary N) is 1. The van der Waals surface area contributed by atoms with Crippen LogP contribution in [-0.4, -0.2) is 52.1 Å². The van der Waals surface area contributed by atoms with Crippen LogP contribution >= 0.6 is 0 Å². The van der Waals surface area contributed by atoms with Crippen LogP contribution in [-0.2, 0) is 14.9 Å². The Morgan fingerprint density at radius 3 is 2.57 bits per heavy atom. The number of para-hydroxylation sites is 1. The zero-order valence-corrected chi connectivity index (χ0v) is 12.6. The van der Waals surface area contributed by atoms with Crippen LogP contribution in [0.1, 0.15) is 6.42 Å². The van der Waals surface area contributed by atoms with E-state index in [4.69, 9.17) is 10.5 Å². The number of anilines is 1. The molecule has 0 aliphatic carbocycles. The number of rotatable bonds is 6. The van der Waals surface area contributed by atoms with E-state index < -0.39 is 16.0 Å². The number of hydrogen-bond acceptors (Lipinski definition) is 4. The summed E-state index contributed by atoms with van der Waals surface area (Å²) in [6.45, 7) is 1.73. The molecule has 0 spiro atoms. The summed E-state index contributed by atoms with van der Waals surface area (Å²) in [7, 11) is -3.78. The lowest BCUT2D eigenvalue weighted by Crippen LogP contribution is -2.49. The molecule has 0 unspecified atom stereocenters. The monoisotopic (exact) mass is 317 g/mol. The molecule has 8 heteroatoms. The SMILES string of the molecule is NCCCN(c1ccccc1F)S(=O)(=O)N1CCOCC1. The molecule has 1 aromatic rings. The van der Waals surface area contributed by atoms with Crippen molar-refractivity contribution in [2.45, 2.75) is 6.42 Å². The molecule has 1 heterocycles. The predicted octanol–water partition coefficient (Wildman–Crippen LogP) is 0.558. The number of nitrogens with zero attached hydrogens (tertiary/aromatic N) is 2. The van der Waals surface area contributed by atoms with Crippen molar-refractivity contribution in [1.82, 2.24) is 4.31 Å². The Labute approximate surface area is 124 Å². The first-order valence-electron chi connectivity index (χ1n) is 6.87. The lowest BCUT2D eigenvalue weighted by molar-refractivity contribution is 0.0729. The molecule has 2 rings (SSSR count). The van der Waals surface area contributed by atoms with E-state index in [1.807, 2.05) is 0 Å². The minimum Gasteiger partial charge on any atom is -0.379 e. The Hall–Kier alpha value is -1.22. The van der Waals surface area contributed by atoms with Gasteiger partial charge in [-0.3, -0.25) is 4.31 Å². The Bertz CT molecular complexity index is 562. The van der Waals surface area contributed by atoms with E-state index in [1.165, 1.54) is 22.5 Å². The van der Waals surface area contributed by atoms with Crippen LogP contribution in [0.3, 0.4) is 0 Å². The van der Waals surface area contributed by atoms with E-state index in [0.29, 0.717) is 26.2 Å². The Morgan fingerprint density at radius 1 is 1.29 bits per heavy atom. The van der Waals surface area contributed by atoms with E-state index in [2.05, 4.69) is 0 Å². The fourth-order valence-corrected chi connectivity index (χ4v) is 3.81. The standard InChI is InChI=1S/C13H20FN3O3S/c14-12-4-1-2-5-13(12)17(7-3-6-15)21(18,19)16-8-10-20-11-9-16/h1-2,4-5H,3,6-11,15H2. The highest BCUT2D eigenvalue weighted by Crippen LogP contribution is 2.24. The molecular weight excluding hydrogens is 297 g/mol.